The number of rotatable bonds is 9. The first kappa shape index (κ1) is 28.7. The lowest BCUT2D eigenvalue weighted by Gasteiger charge is -2.19. The summed E-state index contributed by atoms with van der Waals surface area (Å²) in [6, 6.07) is 15.1. The van der Waals surface area contributed by atoms with Crippen LogP contribution in [-0.2, 0) is 20.9 Å². The zero-order valence-corrected chi connectivity index (χ0v) is 26.4. The number of nitrogens with zero attached hydrogens (tertiary/aromatic N) is 4. The summed E-state index contributed by atoms with van der Waals surface area (Å²) >= 11 is 10.2. The molecule has 0 saturated carbocycles. The Kier molecular flexibility index (Phi) is 8.21. The molecule has 6 rings (SSSR count). The summed E-state index contributed by atoms with van der Waals surface area (Å²) in [6.07, 6.45) is -0.0749. The third-order valence-corrected chi connectivity index (χ3v) is 9.79. The van der Waals surface area contributed by atoms with Crippen LogP contribution < -0.4 is 4.74 Å². The molecular formula is C29H32BrClN4O5Si. The molecule has 216 valence electrons. The zero-order chi connectivity index (χ0) is 28.7. The van der Waals surface area contributed by atoms with E-state index in [1.165, 1.54) is 0 Å². The molecule has 1 N–H and O–H groups in total. The summed E-state index contributed by atoms with van der Waals surface area (Å²) in [5.41, 5.74) is 4.42. The summed E-state index contributed by atoms with van der Waals surface area (Å²) in [5, 5.41) is 10.6. The quantitative estimate of drug-likeness (QED) is 0.178. The number of aromatic nitrogens is 4. The van der Waals surface area contributed by atoms with Gasteiger partial charge in [-0.25, -0.2) is 4.98 Å². The molecule has 2 aliphatic heterocycles. The lowest BCUT2D eigenvalue weighted by Crippen LogP contribution is -2.35. The standard InChI is InChI=1S/C29H32BrClN4O5Si/c1-41(2,3)11-10-37-16-35-28-22(33-29(35)40-24-15-39-26-23(36)14-38-27(24)26)12-20(31)25(34-28)18-6-9-21(32-13-18)17-4-7-19(30)8-5-17/h4-9,12-13,23-24,26-27,36H,10-11,14-16H2,1-3H3/t23?,24?,26?,27-/m1/s1. The number of aliphatic hydroxyl groups excluding tert-OH is 1. The first-order valence-corrected chi connectivity index (χ1v) is 18.5. The smallest absolute Gasteiger partial charge is 0.301 e. The van der Waals surface area contributed by atoms with Crippen LogP contribution in [0.2, 0.25) is 30.7 Å². The molecule has 3 unspecified atom stereocenters. The zero-order valence-electron chi connectivity index (χ0n) is 23.1. The number of pyridine rings is 2. The molecule has 2 fully saturated rings. The van der Waals surface area contributed by atoms with Crippen LogP contribution in [0.15, 0.2) is 53.1 Å². The van der Waals surface area contributed by atoms with Gasteiger partial charge in [0.1, 0.15) is 30.6 Å². The fourth-order valence-electron chi connectivity index (χ4n) is 4.95. The molecule has 9 nitrogen and oxygen atoms in total. The predicted molar refractivity (Wildman–Crippen MR) is 163 cm³/mol. The Bertz CT molecular complexity index is 1530. The van der Waals surface area contributed by atoms with E-state index in [1.807, 2.05) is 41.0 Å². The minimum Gasteiger partial charge on any atom is -0.456 e. The molecule has 4 aromatic rings. The third kappa shape index (κ3) is 6.22. The average molecular weight is 660 g/mol. The van der Waals surface area contributed by atoms with Crippen molar-refractivity contribution in [3.8, 4) is 28.5 Å². The van der Waals surface area contributed by atoms with Crippen LogP contribution in [-0.4, -0.2) is 76.9 Å². The molecule has 1 aromatic carbocycles. The number of benzene rings is 1. The fourth-order valence-corrected chi connectivity index (χ4v) is 6.23. The Labute approximate surface area is 252 Å². The summed E-state index contributed by atoms with van der Waals surface area (Å²) in [4.78, 5) is 14.3. The van der Waals surface area contributed by atoms with Gasteiger partial charge >= 0.3 is 6.01 Å². The molecule has 2 saturated heterocycles. The van der Waals surface area contributed by atoms with Gasteiger partial charge in [0.2, 0.25) is 0 Å². The molecule has 0 spiro atoms. The summed E-state index contributed by atoms with van der Waals surface area (Å²) in [5.74, 6) is 0. The second-order valence-electron chi connectivity index (χ2n) is 11.6. The highest BCUT2D eigenvalue weighted by atomic mass is 79.9. The van der Waals surface area contributed by atoms with Gasteiger partial charge in [0.25, 0.3) is 0 Å². The maximum absolute atomic E-state index is 10.1. The Morgan fingerprint density at radius 3 is 2.54 bits per heavy atom. The molecular weight excluding hydrogens is 628 g/mol. The number of halogens is 2. The SMILES string of the molecule is C[Si](C)(C)CCOCn1c(OC2COC3C(O)CO[C@H]23)nc2cc(Cl)c(-c3ccc(-c4ccc(Br)cc4)nc3)nc21. The van der Waals surface area contributed by atoms with Crippen molar-refractivity contribution in [2.75, 3.05) is 19.8 Å². The molecule has 41 heavy (non-hydrogen) atoms. The highest BCUT2D eigenvalue weighted by Crippen LogP contribution is 2.34. The van der Waals surface area contributed by atoms with Gasteiger partial charge in [-0.2, -0.15) is 4.98 Å². The summed E-state index contributed by atoms with van der Waals surface area (Å²) < 4.78 is 26.8. The van der Waals surface area contributed by atoms with Crippen molar-refractivity contribution in [2.24, 2.45) is 0 Å². The molecule has 0 radical (unpaired) electrons. The van der Waals surface area contributed by atoms with E-state index in [-0.39, 0.29) is 19.4 Å². The number of imidazole rings is 1. The van der Waals surface area contributed by atoms with E-state index in [9.17, 15) is 5.11 Å². The van der Waals surface area contributed by atoms with Crippen LogP contribution in [0.1, 0.15) is 0 Å². The molecule has 3 aromatic heterocycles. The molecule has 12 heteroatoms. The van der Waals surface area contributed by atoms with Gasteiger partial charge in [-0.05, 0) is 36.4 Å². The van der Waals surface area contributed by atoms with Gasteiger partial charge in [-0.3, -0.25) is 9.55 Å². The highest BCUT2D eigenvalue weighted by molar-refractivity contribution is 9.10. The minimum atomic E-state index is -1.27. The molecule has 2 aliphatic rings. The van der Waals surface area contributed by atoms with Crippen molar-refractivity contribution in [3.05, 3.63) is 58.2 Å². The molecule has 0 bridgehead atoms. The topological polar surface area (TPSA) is 101 Å². The van der Waals surface area contributed by atoms with Crippen LogP contribution in [0.5, 0.6) is 6.01 Å². The Morgan fingerprint density at radius 1 is 1.05 bits per heavy atom. The third-order valence-electron chi connectivity index (χ3n) is 7.27. The van der Waals surface area contributed by atoms with Gasteiger partial charge in [-0.15, -0.1) is 0 Å². The van der Waals surface area contributed by atoms with Crippen molar-refractivity contribution >= 4 is 46.8 Å². The molecule has 5 heterocycles. The molecule has 4 atom stereocenters. The van der Waals surface area contributed by atoms with E-state index in [0.717, 1.165) is 27.3 Å². The van der Waals surface area contributed by atoms with Crippen molar-refractivity contribution in [1.82, 2.24) is 19.5 Å². The molecule has 0 amide bonds. The van der Waals surface area contributed by atoms with Crippen molar-refractivity contribution < 1.29 is 24.1 Å². The summed E-state index contributed by atoms with van der Waals surface area (Å²) in [7, 11) is -1.27. The van der Waals surface area contributed by atoms with Crippen LogP contribution in [0.4, 0.5) is 0 Å². The predicted octanol–water partition coefficient (Wildman–Crippen LogP) is 5.79. The van der Waals surface area contributed by atoms with Gasteiger partial charge in [-0.1, -0.05) is 59.3 Å². The van der Waals surface area contributed by atoms with Crippen LogP contribution in [0, 0.1) is 0 Å². The Hall–Kier alpha value is -2.38. The number of ether oxygens (including phenoxy) is 4. The lowest BCUT2D eigenvalue weighted by molar-refractivity contribution is 0.00336. The maximum atomic E-state index is 10.1. The van der Waals surface area contributed by atoms with Crippen molar-refractivity contribution in [1.29, 1.82) is 0 Å². The van der Waals surface area contributed by atoms with E-state index >= 15 is 0 Å². The summed E-state index contributed by atoms with van der Waals surface area (Å²) in [6.45, 7) is 8.31. The van der Waals surface area contributed by atoms with E-state index in [4.69, 9.17) is 40.5 Å². The lowest BCUT2D eigenvalue weighted by atomic mass is 10.1. The van der Waals surface area contributed by atoms with E-state index < -0.39 is 26.4 Å². The highest BCUT2D eigenvalue weighted by Gasteiger charge is 2.49. The number of fused-ring (bicyclic) bond motifs is 2. The first-order chi connectivity index (χ1) is 19.7. The van der Waals surface area contributed by atoms with Gasteiger partial charge in [0.15, 0.2) is 11.8 Å². The number of aliphatic hydroxyl groups is 1. The Balaban J connectivity index is 1.31. The number of hydrogen-bond donors (Lipinski definition) is 1. The largest absolute Gasteiger partial charge is 0.456 e. The molecule has 0 aliphatic carbocycles. The van der Waals surface area contributed by atoms with Gasteiger partial charge in [0, 0.05) is 36.5 Å². The average Bonchev–Trinajstić information content (AvgIpc) is 3.61. The van der Waals surface area contributed by atoms with Crippen LogP contribution >= 0.6 is 27.5 Å². The van der Waals surface area contributed by atoms with E-state index in [1.54, 1.807) is 12.3 Å². The van der Waals surface area contributed by atoms with Crippen molar-refractivity contribution in [3.63, 3.8) is 0 Å². The van der Waals surface area contributed by atoms with E-state index in [2.05, 4.69) is 40.6 Å². The Morgan fingerprint density at radius 2 is 1.80 bits per heavy atom. The van der Waals surface area contributed by atoms with Crippen molar-refractivity contribution in [2.45, 2.75) is 56.8 Å². The van der Waals surface area contributed by atoms with Gasteiger partial charge < -0.3 is 24.1 Å². The normalized spacial score (nSPS) is 22.4. The second kappa shape index (κ2) is 11.7. The maximum Gasteiger partial charge on any atom is 0.301 e. The fraction of sp³-hybridized carbons (Fsp3) is 0.414. The number of hydrogen-bond acceptors (Lipinski definition) is 8. The first-order valence-electron chi connectivity index (χ1n) is 13.6. The monoisotopic (exact) mass is 658 g/mol. The van der Waals surface area contributed by atoms with Gasteiger partial charge in [0.05, 0.1) is 29.6 Å². The minimum absolute atomic E-state index is 0.219. The van der Waals surface area contributed by atoms with Crippen LogP contribution in [0.25, 0.3) is 33.7 Å². The van der Waals surface area contributed by atoms with Crippen LogP contribution in [0.3, 0.4) is 0 Å². The van der Waals surface area contributed by atoms with E-state index in [0.29, 0.717) is 41.1 Å². The second-order valence-corrected chi connectivity index (χ2v) is 18.5.